The topological polar surface area (TPSA) is 55.8 Å². The Kier molecular flexibility index (Phi) is 7.92. The van der Waals surface area contributed by atoms with Crippen molar-refractivity contribution in [2.75, 3.05) is 13.2 Å². The smallest absolute Gasteiger partial charge is 0.311 e. The second-order valence-electron chi connectivity index (χ2n) is 4.79. The Morgan fingerprint density at radius 2 is 2.00 bits per heavy atom. The molecule has 0 radical (unpaired) electrons. The van der Waals surface area contributed by atoms with E-state index in [0.29, 0.717) is 26.2 Å². The number of carbonyl (C=O) groups excluding carboxylic acids is 1. The summed E-state index contributed by atoms with van der Waals surface area (Å²) in [5.74, 6) is -0.825. The molecule has 0 saturated heterocycles. The molecule has 1 aromatic carbocycles. The zero-order valence-corrected chi connectivity index (χ0v) is 12.2. The molecule has 0 spiro atoms. The van der Waals surface area contributed by atoms with Gasteiger partial charge in [0.1, 0.15) is 0 Å². The first kappa shape index (κ1) is 16.7. The van der Waals surface area contributed by atoms with Crippen LogP contribution in [0.1, 0.15) is 32.3 Å². The average molecular weight is 280 g/mol. The van der Waals surface area contributed by atoms with Crippen LogP contribution in [-0.2, 0) is 20.9 Å². The largest absolute Gasteiger partial charge is 0.466 e. The van der Waals surface area contributed by atoms with Crippen molar-refractivity contribution in [1.29, 1.82) is 0 Å². The third-order valence-corrected chi connectivity index (χ3v) is 3.14. The van der Waals surface area contributed by atoms with Crippen molar-refractivity contribution in [1.82, 2.24) is 0 Å². The van der Waals surface area contributed by atoms with Crippen LogP contribution >= 0.6 is 0 Å². The number of hydrogen-bond donors (Lipinski definition) is 1. The van der Waals surface area contributed by atoms with E-state index in [1.165, 1.54) is 0 Å². The van der Waals surface area contributed by atoms with Gasteiger partial charge in [-0.05, 0) is 32.3 Å². The summed E-state index contributed by atoms with van der Waals surface area (Å²) >= 11 is 0. The molecule has 0 saturated carbocycles. The minimum absolute atomic E-state index is 0.342. The highest BCUT2D eigenvalue weighted by atomic mass is 16.5. The first-order valence-corrected chi connectivity index (χ1v) is 7.11. The Balaban J connectivity index is 2.13. The maximum atomic E-state index is 11.4. The van der Waals surface area contributed by atoms with Crippen molar-refractivity contribution in [3.8, 4) is 0 Å². The van der Waals surface area contributed by atoms with E-state index in [0.717, 1.165) is 12.0 Å². The first-order valence-electron chi connectivity index (χ1n) is 7.11. The van der Waals surface area contributed by atoms with Gasteiger partial charge >= 0.3 is 5.97 Å². The van der Waals surface area contributed by atoms with Gasteiger partial charge in [0.15, 0.2) is 0 Å². The van der Waals surface area contributed by atoms with Crippen molar-refractivity contribution >= 4 is 5.97 Å². The number of hydrogen-bond acceptors (Lipinski definition) is 4. The second kappa shape index (κ2) is 9.50. The standard InChI is InChI=1S/C16H24O4/c1-3-20-16(18)13(2)15(17)10-7-11-19-12-14-8-5-4-6-9-14/h4-6,8-9,13,15,17H,3,7,10-12H2,1-2H3/t13-,15+/m0/s1. The molecule has 1 rings (SSSR count). The molecule has 4 nitrogen and oxygen atoms in total. The molecule has 0 fully saturated rings. The van der Waals surface area contributed by atoms with Crippen LogP contribution in [0, 0.1) is 5.92 Å². The Labute approximate surface area is 120 Å². The molecule has 0 unspecified atom stereocenters. The van der Waals surface area contributed by atoms with Crippen LogP contribution in [0.5, 0.6) is 0 Å². The van der Waals surface area contributed by atoms with Crippen LogP contribution in [0.4, 0.5) is 0 Å². The van der Waals surface area contributed by atoms with Crippen LogP contribution in [0.15, 0.2) is 30.3 Å². The van der Waals surface area contributed by atoms with E-state index in [4.69, 9.17) is 9.47 Å². The number of carbonyl (C=O) groups is 1. The monoisotopic (exact) mass is 280 g/mol. The predicted octanol–water partition coefficient (Wildman–Crippen LogP) is 2.54. The van der Waals surface area contributed by atoms with Crippen LogP contribution < -0.4 is 0 Å². The lowest BCUT2D eigenvalue weighted by Crippen LogP contribution is -2.27. The van der Waals surface area contributed by atoms with Crippen LogP contribution in [0.25, 0.3) is 0 Å². The molecule has 0 aliphatic carbocycles. The molecule has 0 bridgehead atoms. The highest BCUT2D eigenvalue weighted by Gasteiger charge is 2.22. The van der Waals surface area contributed by atoms with Gasteiger partial charge in [0.2, 0.25) is 0 Å². The van der Waals surface area contributed by atoms with Gasteiger partial charge in [-0.3, -0.25) is 4.79 Å². The van der Waals surface area contributed by atoms with Crippen LogP contribution in [0.2, 0.25) is 0 Å². The van der Waals surface area contributed by atoms with Crippen molar-refractivity contribution in [2.45, 2.75) is 39.4 Å². The third kappa shape index (κ3) is 6.17. The fourth-order valence-corrected chi connectivity index (χ4v) is 1.84. The number of esters is 1. The van der Waals surface area contributed by atoms with E-state index in [2.05, 4.69) is 0 Å². The fraction of sp³-hybridized carbons (Fsp3) is 0.562. The Bertz CT molecular complexity index is 377. The van der Waals surface area contributed by atoms with Gasteiger partial charge in [-0.2, -0.15) is 0 Å². The zero-order chi connectivity index (χ0) is 14.8. The minimum atomic E-state index is -0.672. The first-order chi connectivity index (χ1) is 9.65. The van der Waals surface area contributed by atoms with Gasteiger partial charge in [0.05, 0.1) is 25.2 Å². The number of aliphatic hydroxyl groups is 1. The van der Waals surface area contributed by atoms with Crippen molar-refractivity contribution in [3.63, 3.8) is 0 Å². The molecule has 20 heavy (non-hydrogen) atoms. The predicted molar refractivity (Wildman–Crippen MR) is 77.1 cm³/mol. The zero-order valence-electron chi connectivity index (χ0n) is 12.2. The highest BCUT2D eigenvalue weighted by Crippen LogP contribution is 2.11. The fourth-order valence-electron chi connectivity index (χ4n) is 1.84. The Morgan fingerprint density at radius 3 is 2.65 bits per heavy atom. The van der Waals surface area contributed by atoms with Crippen molar-refractivity contribution in [3.05, 3.63) is 35.9 Å². The van der Waals surface area contributed by atoms with Gasteiger partial charge in [0, 0.05) is 6.61 Å². The third-order valence-electron chi connectivity index (χ3n) is 3.14. The lowest BCUT2D eigenvalue weighted by Gasteiger charge is -2.17. The summed E-state index contributed by atoms with van der Waals surface area (Å²) in [6.07, 6.45) is 0.585. The summed E-state index contributed by atoms with van der Waals surface area (Å²) in [5.41, 5.74) is 1.13. The van der Waals surface area contributed by atoms with E-state index in [-0.39, 0.29) is 5.97 Å². The number of aliphatic hydroxyl groups excluding tert-OH is 1. The van der Waals surface area contributed by atoms with Gasteiger partial charge in [0.25, 0.3) is 0 Å². The summed E-state index contributed by atoms with van der Waals surface area (Å²) < 4.78 is 10.4. The van der Waals surface area contributed by atoms with E-state index in [1.54, 1.807) is 13.8 Å². The Hall–Kier alpha value is -1.39. The number of rotatable bonds is 9. The van der Waals surface area contributed by atoms with Gasteiger partial charge in [-0.1, -0.05) is 30.3 Å². The lowest BCUT2D eigenvalue weighted by atomic mass is 10.0. The summed E-state index contributed by atoms with van der Waals surface area (Å²) in [6, 6.07) is 9.94. The molecule has 0 aromatic heterocycles. The lowest BCUT2D eigenvalue weighted by molar-refractivity contribution is -0.151. The summed E-state index contributed by atoms with van der Waals surface area (Å²) in [5, 5.41) is 9.87. The molecule has 0 amide bonds. The maximum Gasteiger partial charge on any atom is 0.311 e. The van der Waals surface area contributed by atoms with E-state index in [1.807, 2.05) is 30.3 Å². The molecular weight excluding hydrogens is 256 g/mol. The SMILES string of the molecule is CCOC(=O)[C@@H](C)[C@H](O)CCCOCc1ccccc1. The molecule has 0 aliphatic heterocycles. The molecule has 0 heterocycles. The molecule has 2 atom stereocenters. The highest BCUT2D eigenvalue weighted by molar-refractivity contribution is 5.72. The quantitative estimate of drug-likeness (QED) is 0.558. The molecule has 1 N–H and O–H groups in total. The van der Waals surface area contributed by atoms with Gasteiger partial charge in [-0.25, -0.2) is 0 Å². The number of ether oxygens (including phenoxy) is 2. The van der Waals surface area contributed by atoms with Crippen molar-refractivity contribution < 1.29 is 19.4 Å². The summed E-state index contributed by atoms with van der Waals surface area (Å²) in [7, 11) is 0. The molecule has 1 aromatic rings. The van der Waals surface area contributed by atoms with Crippen LogP contribution in [0.3, 0.4) is 0 Å². The van der Waals surface area contributed by atoms with E-state index in [9.17, 15) is 9.90 Å². The molecule has 4 heteroatoms. The molecule has 0 aliphatic rings. The summed E-state index contributed by atoms with van der Waals surface area (Å²) in [4.78, 5) is 11.4. The average Bonchev–Trinajstić information content (AvgIpc) is 2.47. The molecule has 112 valence electrons. The minimum Gasteiger partial charge on any atom is -0.466 e. The van der Waals surface area contributed by atoms with E-state index < -0.39 is 12.0 Å². The normalized spacial score (nSPS) is 13.8. The van der Waals surface area contributed by atoms with Gasteiger partial charge in [-0.15, -0.1) is 0 Å². The number of benzene rings is 1. The van der Waals surface area contributed by atoms with Gasteiger partial charge < -0.3 is 14.6 Å². The van der Waals surface area contributed by atoms with Crippen molar-refractivity contribution in [2.24, 2.45) is 5.92 Å². The van der Waals surface area contributed by atoms with E-state index >= 15 is 0 Å². The Morgan fingerprint density at radius 1 is 1.30 bits per heavy atom. The van der Waals surface area contributed by atoms with Crippen LogP contribution in [-0.4, -0.2) is 30.4 Å². The second-order valence-corrected chi connectivity index (χ2v) is 4.79. The molecular formula is C16H24O4. The summed E-state index contributed by atoms with van der Waals surface area (Å²) in [6.45, 7) is 4.93. The maximum absolute atomic E-state index is 11.4.